The van der Waals surface area contributed by atoms with Crippen molar-refractivity contribution in [2.24, 2.45) is 0 Å². The molecule has 2 N–H and O–H groups in total. The molecule has 15 nitrogen and oxygen atoms in total. The van der Waals surface area contributed by atoms with Gasteiger partial charge in [-0.3, -0.25) is 4.79 Å². The number of rotatable bonds is 18. The third kappa shape index (κ3) is 41.5. The summed E-state index contributed by atoms with van der Waals surface area (Å²) in [4.78, 5) is 32.3. The van der Waals surface area contributed by atoms with Gasteiger partial charge in [0, 0.05) is 38.4 Å². The molecule has 0 spiro atoms. The SMILES string of the molecule is BrB(Br)Br.CC.CC.CC.CC.CC.CC.CC.CC.CC.CCOc1nc(-c2ccccc2)c(-c2ccccc2)cc1OC.CCOc1nc(-c2ccccc2)c(Br)cc1OC.CCOc1nc(-c2ccccc2)ccc1OC.CCOc1nc(I)ccc1OC.O=c1[nH]c(-c2ccccc2)c(-c2ccccc2)cc1O. The van der Waals surface area contributed by atoms with Crippen LogP contribution in [-0.4, -0.2) is 88.1 Å². The molecule has 0 saturated carbocycles. The first kappa shape index (κ1) is 110. The summed E-state index contributed by atoms with van der Waals surface area (Å²) in [5.41, 5.74) is 10.8. The first-order valence-corrected chi connectivity index (χ1v) is 43.1. The second-order valence-electron chi connectivity index (χ2n) is 19.0. The van der Waals surface area contributed by atoms with Crippen LogP contribution in [0.1, 0.15) is 152 Å². The van der Waals surface area contributed by atoms with Crippen molar-refractivity contribution in [3.05, 3.63) is 243 Å². The Balaban J connectivity index is -0.000000616. The minimum atomic E-state index is -0.483. The molecule has 612 valence electrons. The molecule has 0 saturated heterocycles. The van der Waals surface area contributed by atoms with Crippen LogP contribution in [0.3, 0.4) is 0 Å². The summed E-state index contributed by atoms with van der Waals surface area (Å²) < 4.78 is 44.9. The molecule has 0 bridgehead atoms. The van der Waals surface area contributed by atoms with Crippen LogP contribution in [-0.2, 0) is 0 Å². The van der Waals surface area contributed by atoms with Gasteiger partial charge in [-0.1, -0.05) is 307 Å². The predicted molar refractivity (Wildman–Crippen MR) is 504 cm³/mol. The van der Waals surface area contributed by atoms with E-state index in [4.69, 9.17) is 42.9 Å². The summed E-state index contributed by atoms with van der Waals surface area (Å²) in [6.07, 6.45) is 0. The number of benzene rings is 6. The zero-order valence-corrected chi connectivity index (χ0v) is 79.6. The van der Waals surface area contributed by atoms with E-state index in [9.17, 15) is 9.90 Å². The molecule has 21 heteroatoms. The van der Waals surface area contributed by atoms with E-state index in [0.717, 1.165) is 69.8 Å². The molecule has 0 aliphatic rings. The van der Waals surface area contributed by atoms with Crippen LogP contribution in [0.2, 0.25) is 0 Å². The molecule has 0 amide bonds. The molecule has 0 aliphatic heterocycles. The number of ether oxygens (including phenoxy) is 8. The number of hydrogen-bond donors (Lipinski definition) is 2. The van der Waals surface area contributed by atoms with E-state index < -0.39 is 5.56 Å². The van der Waals surface area contributed by atoms with Gasteiger partial charge < -0.3 is 48.0 Å². The van der Waals surface area contributed by atoms with Gasteiger partial charge in [0.2, 0.25) is 0 Å². The second kappa shape index (κ2) is 73.0. The average molecular weight is 1910 g/mol. The fourth-order valence-corrected chi connectivity index (χ4v) is 9.67. The van der Waals surface area contributed by atoms with Gasteiger partial charge in [0.05, 0.1) is 77.6 Å². The number of nitrogens with one attached hydrogen (secondary N) is 1. The highest BCUT2D eigenvalue weighted by molar-refractivity contribution is 14.1. The van der Waals surface area contributed by atoms with Crippen LogP contribution >= 0.6 is 85.8 Å². The number of methoxy groups -OCH3 is 4. The van der Waals surface area contributed by atoms with Crippen molar-refractivity contribution >= 4 is 89.0 Å². The molecule has 0 fully saturated rings. The summed E-state index contributed by atoms with van der Waals surface area (Å²) in [5, 5.41) is 9.69. The van der Waals surface area contributed by atoms with Crippen LogP contribution < -0.4 is 43.5 Å². The molecule has 11 aromatic rings. The highest BCUT2D eigenvalue weighted by Gasteiger charge is 2.18. The highest BCUT2D eigenvalue weighted by Crippen LogP contribution is 2.39. The van der Waals surface area contributed by atoms with E-state index in [0.29, 0.717) is 78.6 Å². The van der Waals surface area contributed by atoms with E-state index >= 15 is 0 Å². The smallest absolute Gasteiger partial charge is 0.369 e. The first-order valence-electron chi connectivity index (χ1n) is 38.5. The van der Waals surface area contributed by atoms with Crippen molar-refractivity contribution in [3.8, 4) is 120 Å². The van der Waals surface area contributed by atoms with Gasteiger partial charge >= 0.3 is 3.18 Å². The summed E-state index contributed by atoms with van der Waals surface area (Å²) in [7, 11) is 6.46. The Morgan fingerprint density at radius 2 is 0.652 bits per heavy atom. The lowest BCUT2D eigenvalue weighted by atomic mass is 9.99. The van der Waals surface area contributed by atoms with E-state index in [-0.39, 0.29) is 8.93 Å². The number of nitrogens with zero attached hydrogens (tertiary/aromatic N) is 4. The Morgan fingerprint density at radius 3 is 1.02 bits per heavy atom. The number of aromatic nitrogens is 5. The molecule has 0 radical (unpaired) electrons. The van der Waals surface area contributed by atoms with Gasteiger partial charge in [-0.05, 0) is 119 Å². The maximum atomic E-state index is 11.7. The maximum absolute atomic E-state index is 11.7. The molecule has 0 unspecified atom stereocenters. The van der Waals surface area contributed by atoms with Crippen LogP contribution in [0.15, 0.2) is 234 Å². The van der Waals surface area contributed by atoms with Gasteiger partial charge in [0.15, 0.2) is 28.7 Å². The van der Waals surface area contributed by atoms with Crippen molar-refractivity contribution in [2.75, 3.05) is 54.9 Å². The number of aromatic hydroxyl groups is 1. The molecular weight excluding hydrogens is 1780 g/mol. The Kier molecular flexibility index (Phi) is 71.8. The lowest BCUT2D eigenvalue weighted by Crippen LogP contribution is -2.07. The van der Waals surface area contributed by atoms with Crippen LogP contribution in [0.4, 0.5) is 0 Å². The van der Waals surface area contributed by atoms with Gasteiger partial charge in [0.25, 0.3) is 29.1 Å². The first-order chi connectivity index (χ1) is 54.7. The van der Waals surface area contributed by atoms with Crippen molar-refractivity contribution < 1.29 is 43.0 Å². The summed E-state index contributed by atoms with van der Waals surface area (Å²) in [6, 6.07) is 72.4. The van der Waals surface area contributed by atoms with Gasteiger partial charge in [0.1, 0.15) is 3.70 Å². The Bertz CT molecular complexity index is 4090. The normalized spacial score (nSPS) is 8.88. The van der Waals surface area contributed by atoms with Crippen molar-refractivity contribution in [2.45, 2.75) is 152 Å². The standard InChI is InChI=1S/C20H19NO2.C17H13NO2.C14H14BrNO2.C14H15NO2.C8H10INO2.9C2H6.BBr3/c1-3-23-20-18(22-2)14-17(15-10-6-4-7-11-15)19(21-20)16-12-8-5-9-13-16;19-15-11-14(12-7-3-1-4-8-12)16(18-17(15)20)13-9-5-2-6-10-13;1-3-18-14-12(17-2)9-11(15)13(16-14)10-7-5-4-6-8-10;1-3-17-14-13(16-2)10-9-12(15-14)11-7-5-4-6-8-11;1-3-12-8-6(11-2)4-5-7(9)10-8;9*1-2;2-1(3)4/h4-14H,3H2,1-2H3;1-11,19H,(H,18,20);4-9H,3H2,1-2H3;4-10H,3H2,1-2H3;4-5H,3H2,1-2H3;9*1-2H3;. The maximum Gasteiger partial charge on any atom is 0.369 e. The van der Waals surface area contributed by atoms with Crippen LogP contribution in [0, 0.1) is 3.70 Å². The minimum Gasteiger partial charge on any atom is -0.503 e. The topological polar surface area (TPSA) is 178 Å². The monoisotopic (exact) mass is 1900 g/mol. The molecular formula is C91H125BBr4IN5O10. The Labute approximate surface area is 720 Å². The molecule has 0 aliphatic carbocycles. The zero-order valence-electron chi connectivity index (χ0n) is 71.1. The molecule has 6 aromatic carbocycles. The minimum absolute atomic E-state index is 0.271. The van der Waals surface area contributed by atoms with E-state index in [1.807, 2.05) is 346 Å². The number of aromatic amines is 1. The van der Waals surface area contributed by atoms with Crippen molar-refractivity contribution in [3.63, 3.8) is 0 Å². The number of hydrogen-bond acceptors (Lipinski definition) is 14. The largest absolute Gasteiger partial charge is 0.503 e. The lowest BCUT2D eigenvalue weighted by molar-refractivity contribution is 0.298. The van der Waals surface area contributed by atoms with Gasteiger partial charge in [-0.15, -0.1) is 47.3 Å². The number of H-pyrrole nitrogens is 1. The quantitative estimate of drug-likeness (QED) is 0.0471. The molecule has 11 rings (SSSR count). The van der Waals surface area contributed by atoms with E-state index in [2.05, 4.69) is 130 Å². The van der Waals surface area contributed by atoms with Crippen LogP contribution in [0.5, 0.6) is 52.3 Å². The average Bonchev–Trinajstić information content (AvgIpc) is 0.719. The molecule has 112 heavy (non-hydrogen) atoms. The van der Waals surface area contributed by atoms with Crippen molar-refractivity contribution in [1.82, 2.24) is 24.9 Å². The van der Waals surface area contributed by atoms with Crippen LogP contribution in [0.25, 0.3) is 67.3 Å². The van der Waals surface area contributed by atoms with Gasteiger partial charge in [-0.25, -0.2) is 19.9 Å². The van der Waals surface area contributed by atoms with Gasteiger partial charge in [-0.2, -0.15) is 0 Å². The molecule has 0 atom stereocenters. The van der Waals surface area contributed by atoms with E-state index in [1.165, 1.54) is 6.07 Å². The summed E-state index contributed by atoms with van der Waals surface area (Å²) >= 11 is 15.0. The second-order valence-corrected chi connectivity index (χ2v) is 27.4. The molecule has 5 heterocycles. The number of pyridine rings is 5. The Hall–Kier alpha value is -8.22. The lowest BCUT2D eigenvalue weighted by Gasteiger charge is -2.15. The highest BCUT2D eigenvalue weighted by atomic mass is 127. The zero-order chi connectivity index (χ0) is 85.6. The molecule has 5 aromatic heterocycles. The fraction of sp³-hybridized carbons (Fsp3) is 0.330. The fourth-order valence-electron chi connectivity index (χ4n) is 8.75. The van der Waals surface area contributed by atoms with Crippen molar-refractivity contribution in [1.29, 1.82) is 0 Å². The predicted octanol–water partition coefficient (Wildman–Crippen LogP) is 28.8. The third-order valence-corrected chi connectivity index (χ3v) is 14.1. The van der Waals surface area contributed by atoms with E-state index in [1.54, 1.807) is 28.4 Å². The number of halogens is 5. The third-order valence-electron chi connectivity index (χ3n) is 12.9. The summed E-state index contributed by atoms with van der Waals surface area (Å²) in [5.74, 6) is 4.47. The summed E-state index contributed by atoms with van der Waals surface area (Å²) in [6.45, 7) is 46.0. The Morgan fingerprint density at radius 1 is 0.357 bits per heavy atom.